The van der Waals surface area contributed by atoms with E-state index in [-0.39, 0.29) is 6.04 Å². The molecule has 3 aromatic heterocycles. The number of benzene rings is 1. The lowest BCUT2D eigenvalue weighted by Gasteiger charge is -2.26. The Balaban J connectivity index is 1.53. The quantitative estimate of drug-likeness (QED) is 0.387. The lowest BCUT2D eigenvalue weighted by Crippen LogP contribution is -2.24. The second kappa shape index (κ2) is 8.37. The second-order valence-electron chi connectivity index (χ2n) is 8.27. The number of nitrogens with zero attached hydrogens (tertiary/aromatic N) is 6. The maximum absolute atomic E-state index is 14.5. The van der Waals surface area contributed by atoms with Crippen LogP contribution >= 0.6 is 7.14 Å². The third kappa shape index (κ3) is 3.74. The van der Waals surface area contributed by atoms with Gasteiger partial charge in [0.2, 0.25) is 0 Å². The number of hydrogen-bond donors (Lipinski definition) is 0. The smallest absolute Gasteiger partial charge is 0.183 e. The highest BCUT2D eigenvalue weighted by Crippen LogP contribution is 2.43. The number of rotatable bonds is 6. The summed E-state index contributed by atoms with van der Waals surface area (Å²) in [4.78, 5) is 6.82. The molecular formula is C23H25F2N6OP. The lowest BCUT2D eigenvalue weighted by atomic mass is 10.0. The van der Waals surface area contributed by atoms with Crippen molar-refractivity contribution in [3.05, 3.63) is 66.3 Å². The topological polar surface area (TPSA) is 68.3 Å². The summed E-state index contributed by atoms with van der Waals surface area (Å²) < 4.78 is 44.7. The van der Waals surface area contributed by atoms with Crippen molar-refractivity contribution in [2.75, 3.05) is 23.8 Å². The normalized spacial score (nSPS) is 16.7. The first-order valence-corrected chi connectivity index (χ1v) is 13.2. The lowest BCUT2D eigenvalue weighted by molar-refractivity contribution is 0.560. The van der Waals surface area contributed by atoms with Crippen LogP contribution in [0.2, 0.25) is 0 Å². The first kappa shape index (κ1) is 21.8. The van der Waals surface area contributed by atoms with E-state index in [1.807, 2.05) is 24.8 Å². The number of halogens is 2. The minimum atomic E-state index is -2.46. The van der Waals surface area contributed by atoms with Crippen LogP contribution in [0.15, 0.2) is 49.1 Å². The molecule has 0 amide bonds. The fourth-order valence-corrected chi connectivity index (χ4v) is 6.31. The molecule has 1 aliphatic heterocycles. The zero-order valence-corrected chi connectivity index (χ0v) is 19.4. The van der Waals surface area contributed by atoms with Crippen molar-refractivity contribution in [1.82, 2.24) is 24.4 Å². The Morgan fingerprint density at radius 2 is 1.94 bits per heavy atom. The highest BCUT2D eigenvalue weighted by molar-refractivity contribution is 7.71. The number of fused-ring (bicyclic) bond motifs is 1. The third-order valence-corrected chi connectivity index (χ3v) is 9.72. The average molecular weight is 470 g/mol. The summed E-state index contributed by atoms with van der Waals surface area (Å²) in [7, 11) is -2.46. The fraction of sp³-hybridized carbons (Fsp3) is 0.348. The Morgan fingerprint density at radius 1 is 1.12 bits per heavy atom. The molecule has 0 saturated carbocycles. The Hall–Kier alpha value is -3.06. The van der Waals surface area contributed by atoms with Gasteiger partial charge in [-0.3, -0.25) is 0 Å². The molecule has 0 bridgehead atoms. The van der Waals surface area contributed by atoms with Gasteiger partial charge in [-0.1, -0.05) is 13.8 Å². The van der Waals surface area contributed by atoms with Crippen LogP contribution in [-0.2, 0) is 4.57 Å². The highest BCUT2D eigenvalue weighted by Gasteiger charge is 2.30. The highest BCUT2D eigenvalue weighted by atomic mass is 31.2. The van der Waals surface area contributed by atoms with Crippen LogP contribution in [0.1, 0.15) is 38.3 Å². The van der Waals surface area contributed by atoms with E-state index in [4.69, 9.17) is 4.98 Å². The molecule has 4 heterocycles. The molecular weight excluding hydrogens is 445 g/mol. The zero-order chi connectivity index (χ0) is 23.2. The summed E-state index contributed by atoms with van der Waals surface area (Å²) >= 11 is 0. The molecule has 33 heavy (non-hydrogen) atoms. The second-order valence-corrected chi connectivity index (χ2v) is 11.8. The van der Waals surface area contributed by atoms with E-state index in [9.17, 15) is 13.3 Å². The number of aromatic nitrogens is 5. The van der Waals surface area contributed by atoms with Gasteiger partial charge in [0, 0.05) is 36.8 Å². The van der Waals surface area contributed by atoms with E-state index in [0.717, 1.165) is 17.8 Å². The molecule has 1 saturated heterocycles. The van der Waals surface area contributed by atoms with Crippen molar-refractivity contribution in [3.63, 3.8) is 0 Å². The molecule has 0 unspecified atom stereocenters. The van der Waals surface area contributed by atoms with Crippen LogP contribution in [0.4, 0.5) is 14.6 Å². The molecule has 0 spiro atoms. The summed E-state index contributed by atoms with van der Waals surface area (Å²) in [5.74, 6) is -0.207. The molecule has 10 heteroatoms. The van der Waals surface area contributed by atoms with Crippen molar-refractivity contribution in [2.24, 2.45) is 0 Å². The number of hydrogen-bond acceptors (Lipinski definition) is 5. The summed E-state index contributed by atoms with van der Waals surface area (Å²) in [5.41, 5.74) is 1.58. The SMILES string of the molecule is CCP(=O)(CC)c1cnn(-c2cnn3ccc(N4CCC[C@H]4c4cc(F)ccc4F)nc23)c1. The van der Waals surface area contributed by atoms with Gasteiger partial charge in [-0.25, -0.2) is 23.0 Å². The van der Waals surface area contributed by atoms with E-state index >= 15 is 0 Å². The Kier molecular flexibility index (Phi) is 5.52. The van der Waals surface area contributed by atoms with E-state index in [2.05, 4.69) is 10.2 Å². The molecule has 4 aromatic rings. The van der Waals surface area contributed by atoms with Crippen LogP contribution in [0.3, 0.4) is 0 Å². The minimum Gasteiger partial charge on any atom is -0.349 e. The van der Waals surface area contributed by atoms with Gasteiger partial charge in [0.25, 0.3) is 0 Å². The van der Waals surface area contributed by atoms with Crippen molar-refractivity contribution >= 4 is 23.9 Å². The maximum atomic E-state index is 14.5. The van der Waals surface area contributed by atoms with Crippen molar-refractivity contribution < 1.29 is 13.3 Å². The molecule has 1 aromatic carbocycles. The summed E-state index contributed by atoms with van der Waals surface area (Å²) in [6.07, 6.45) is 9.64. The van der Waals surface area contributed by atoms with Crippen LogP contribution in [-0.4, -0.2) is 43.2 Å². The molecule has 0 N–H and O–H groups in total. The van der Waals surface area contributed by atoms with Gasteiger partial charge >= 0.3 is 0 Å². The molecule has 1 aliphatic rings. The van der Waals surface area contributed by atoms with E-state index in [0.29, 0.717) is 48.0 Å². The first-order chi connectivity index (χ1) is 15.9. The van der Waals surface area contributed by atoms with E-state index in [1.165, 1.54) is 12.1 Å². The Labute approximate surface area is 190 Å². The monoisotopic (exact) mass is 470 g/mol. The van der Waals surface area contributed by atoms with Gasteiger partial charge in [-0.05, 0) is 37.1 Å². The average Bonchev–Trinajstić information content (AvgIpc) is 3.58. The Morgan fingerprint density at radius 3 is 2.73 bits per heavy atom. The molecule has 0 radical (unpaired) electrons. The predicted molar refractivity (Wildman–Crippen MR) is 124 cm³/mol. The Bertz CT molecular complexity index is 1360. The van der Waals surface area contributed by atoms with Crippen LogP contribution < -0.4 is 10.2 Å². The van der Waals surface area contributed by atoms with Gasteiger partial charge in [0.05, 0.1) is 23.7 Å². The number of anilines is 1. The fourth-order valence-electron chi connectivity index (χ4n) is 4.55. The molecule has 0 aliphatic carbocycles. The predicted octanol–water partition coefficient (Wildman–Crippen LogP) is 4.56. The zero-order valence-electron chi connectivity index (χ0n) is 18.5. The van der Waals surface area contributed by atoms with Crippen LogP contribution in [0, 0.1) is 11.6 Å². The van der Waals surface area contributed by atoms with Crippen molar-refractivity contribution in [2.45, 2.75) is 32.7 Å². The minimum absolute atomic E-state index is 0.293. The largest absolute Gasteiger partial charge is 0.349 e. The molecule has 5 rings (SSSR count). The van der Waals surface area contributed by atoms with E-state index in [1.54, 1.807) is 34.0 Å². The van der Waals surface area contributed by atoms with Gasteiger partial charge in [-0.15, -0.1) is 0 Å². The van der Waals surface area contributed by atoms with Crippen LogP contribution in [0.25, 0.3) is 11.3 Å². The third-order valence-electron chi connectivity index (χ3n) is 6.51. The first-order valence-electron chi connectivity index (χ1n) is 11.1. The van der Waals surface area contributed by atoms with Gasteiger partial charge in [0.15, 0.2) is 5.65 Å². The molecule has 1 atom stereocenters. The summed E-state index contributed by atoms with van der Waals surface area (Å²) in [5, 5.41) is 9.54. The molecule has 7 nitrogen and oxygen atoms in total. The van der Waals surface area contributed by atoms with Crippen molar-refractivity contribution in [1.29, 1.82) is 0 Å². The summed E-state index contributed by atoms with van der Waals surface area (Å²) in [6, 6.07) is 5.11. The van der Waals surface area contributed by atoms with Gasteiger partial charge < -0.3 is 9.46 Å². The summed E-state index contributed by atoms with van der Waals surface area (Å²) in [6.45, 7) is 4.55. The maximum Gasteiger partial charge on any atom is 0.183 e. The van der Waals surface area contributed by atoms with Gasteiger partial charge in [0.1, 0.15) is 30.3 Å². The van der Waals surface area contributed by atoms with E-state index < -0.39 is 18.8 Å². The standard InChI is InChI=1S/C23H25F2N6OP/c1-3-33(32,4-2)17-13-26-31(15-17)21-14-27-30-11-9-22(28-23(21)30)29-10-5-6-20(29)18-12-16(24)7-8-19(18)25/h7-9,11-15,20H,3-6,10H2,1-2H3/t20-/m0/s1. The van der Waals surface area contributed by atoms with Gasteiger partial charge in [-0.2, -0.15) is 10.2 Å². The van der Waals surface area contributed by atoms with Crippen molar-refractivity contribution in [3.8, 4) is 5.69 Å². The van der Waals surface area contributed by atoms with Crippen LogP contribution in [0.5, 0.6) is 0 Å². The molecule has 172 valence electrons. The molecule has 1 fully saturated rings.